The summed E-state index contributed by atoms with van der Waals surface area (Å²) in [5, 5.41) is 10.7. The fourth-order valence-corrected chi connectivity index (χ4v) is 2.09. The van der Waals surface area contributed by atoms with Crippen LogP contribution in [0.3, 0.4) is 0 Å². The van der Waals surface area contributed by atoms with Crippen LogP contribution in [-0.2, 0) is 0 Å². The molecule has 2 aromatic rings. The molecular weight excluding hydrogens is 292 g/mol. The summed E-state index contributed by atoms with van der Waals surface area (Å²) in [4.78, 5) is 10.2. The Hall–Kier alpha value is -2.11. The highest BCUT2D eigenvalue weighted by Gasteiger charge is 2.13. The second kappa shape index (κ2) is 6.56. The number of halogens is 1. The van der Waals surface area contributed by atoms with Crippen molar-refractivity contribution in [3.05, 3.63) is 63.2 Å². The van der Waals surface area contributed by atoms with Gasteiger partial charge in [0.15, 0.2) is 0 Å². The van der Waals surface area contributed by atoms with Gasteiger partial charge in [-0.3, -0.25) is 10.1 Å². The summed E-state index contributed by atoms with van der Waals surface area (Å²) in [6.45, 7) is 2.02. The fourth-order valence-electron chi connectivity index (χ4n) is 1.85. The van der Waals surface area contributed by atoms with Crippen LogP contribution in [0.1, 0.15) is 24.9 Å². The zero-order chi connectivity index (χ0) is 15.4. The van der Waals surface area contributed by atoms with Crippen LogP contribution in [0.2, 0.25) is 5.02 Å². The second-order valence-electron chi connectivity index (χ2n) is 4.56. The van der Waals surface area contributed by atoms with Crippen LogP contribution in [0.15, 0.2) is 42.5 Å². The van der Waals surface area contributed by atoms with Gasteiger partial charge in [-0.05, 0) is 30.2 Å². The average molecular weight is 307 g/mol. The van der Waals surface area contributed by atoms with Crippen LogP contribution >= 0.6 is 11.6 Å². The number of hydrogen-bond donors (Lipinski definition) is 1. The topological polar surface area (TPSA) is 78.4 Å². The van der Waals surface area contributed by atoms with Crippen LogP contribution in [0.25, 0.3) is 0 Å². The van der Waals surface area contributed by atoms with E-state index in [-0.39, 0.29) is 16.8 Å². The third-order valence-corrected chi connectivity index (χ3v) is 3.40. The summed E-state index contributed by atoms with van der Waals surface area (Å²) in [5.74, 6) is 1.06. The van der Waals surface area contributed by atoms with E-state index in [4.69, 9.17) is 22.1 Å². The fraction of sp³-hybridized carbons (Fsp3) is 0.200. The van der Waals surface area contributed by atoms with E-state index in [0.717, 1.165) is 12.0 Å². The van der Waals surface area contributed by atoms with E-state index in [2.05, 4.69) is 0 Å². The zero-order valence-electron chi connectivity index (χ0n) is 11.5. The molecule has 0 aliphatic heterocycles. The van der Waals surface area contributed by atoms with E-state index in [9.17, 15) is 10.1 Å². The Morgan fingerprint density at radius 2 is 1.86 bits per heavy atom. The molecule has 0 heterocycles. The van der Waals surface area contributed by atoms with Crippen LogP contribution in [0.5, 0.6) is 11.5 Å². The molecule has 0 saturated heterocycles. The highest BCUT2D eigenvalue weighted by atomic mass is 35.5. The SMILES string of the molecule is CC[C@@H](N)c1ccc(Oc2ccc([N+](=O)[O-])c(Cl)c2)cc1. The van der Waals surface area contributed by atoms with E-state index in [1.165, 1.54) is 18.2 Å². The molecule has 0 bridgehead atoms. The van der Waals surface area contributed by atoms with Crippen molar-refractivity contribution in [2.24, 2.45) is 5.73 Å². The lowest BCUT2D eigenvalue weighted by atomic mass is 10.1. The van der Waals surface area contributed by atoms with Gasteiger partial charge in [0.25, 0.3) is 5.69 Å². The van der Waals surface area contributed by atoms with Gasteiger partial charge in [0.05, 0.1) is 4.92 Å². The Kier molecular flexibility index (Phi) is 4.77. The third kappa shape index (κ3) is 3.71. The first-order valence-electron chi connectivity index (χ1n) is 6.48. The number of ether oxygens (including phenoxy) is 1. The molecule has 0 fully saturated rings. The Labute approximate surface area is 127 Å². The summed E-state index contributed by atoms with van der Waals surface area (Å²) in [7, 11) is 0. The van der Waals surface area contributed by atoms with E-state index >= 15 is 0 Å². The number of hydrogen-bond acceptors (Lipinski definition) is 4. The first-order valence-corrected chi connectivity index (χ1v) is 6.86. The number of benzene rings is 2. The Morgan fingerprint density at radius 1 is 1.24 bits per heavy atom. The lowest BCUT2D eigenvalue weighted by molar-refractivity contribution is -0.384. The predicted octanol–water partition coefficient (Wildman–Crippen LogP) is 4.45. The van der Waals surface area contributed by atoms with Gasteiger partial charge < -0.3 is 10.5 Å². The lowest BCUT2D eigenvalue weighted by Gasteiger charge is -2.10. The van der Waals surface area contributed by atoms with E-state index < -0.39 is 4.92 Å². The largest absolute Gasteiger partial charge is 0.457 e. The molecule has 5 nitrogen and oxygen atoms in total. The molecule has 6 heteroatoms. The summed E-state index contributed by atoms with van der Waals surface area (Å²) in [6, 6.07) is 11.7. The maximum atomic E-state index is 10.7. The molecule has 2 N–H and O–H groups in total. The minimum atomic E-state index is -0.535. The molecule has 0 saturated carbocycles. The van der Waals surface area contributed by atoms with E-state index in [0.29, 0.717) is 11.5 Å². The Morgan fingerprint density at radius 3 is 2.38 bits per heavy atom. The van der Waals surface area contributed by atoms with Crippen molar-refractivity contribution < 1.29 is 9.66 Å². The molecule has 0 radical (unpaired) electrons. The molecule has 21 heavy (non-hydrogen) atoms. The van der Waals surface area contributed by atoms with Crippen molar-refractivity contribution >= 4 is 17.3 Å². The van der Waals surface area contributed by atoms with Crippen LogP contribution in [-0.4, -0.2) is 4.92 Å². The van der Waals surface area contributed by atoms with Crippen molar-refractivity contribution in [1.82, 2.24) is 0 Å². The van der Waals surface area contributed by atoms with Crippen molar-refractivity contribution in [2.45, 2.75) is 19.4 Å². The highest BCUT2D eigenvalue weighted by molar-refractivity contribution is 6.32. The summed E-state index contributed by atoms with van der Waals surface area (Å²) >= 11 is 5.84. The normalized spacial score (nSPS) is 12.0. The number of rotatable bonds is 5. The molecule has 2 rings (SSSR count). The summed E-state index contributed by atoms with van der Waals surface area (Å²) in [6.07, 6.45) is 0.859. The smallest absolute Gasteiger partial charge is 0.288 e. The summed E-state index contributed by atoms with van der Waals surface area (Å²) < 4.78 is 5.61. The average Bonchev–Trinajstić information content (AvgIpc) is 2.47. The quantitative estimate of drug-likeness (QED) is 0.654. The molecule has 0 aliphatic rings. The van der Waals surface area contributed by atoms with Gasteiger partial charge in [-0.25, -0.2) is 0 Å². The standard InChI is InChI=1S/C15H15ClN2O3/c1-2-14(17)10-3-5-11(6-4-10)21-12-7-8-15(18(19)20)13(16)9-12/h3-9,14H,2,17H2,1H3/t14-/m1/s1. The van der Waals surface area contributed by atoms with Crippen molar-refractivity contribution in [1.29, 1.82) is 0 Å². The van der Waals surface area contributed by atoms with Gasteiger partial charge in [-0.1, -0.05) is 30.7 Å². The minimum Gasteiger partial charge on any atom is -0.457 e. The zero-order valence-corrected chi connectivity index (χ0v) is 12.2. The maximum absolute atomic E-state index is 10.7. The van der Waals surface area contributed by atoms with Gasteiger partial charge in [0, 0.05) is 18.2 Å². The second-order valence-corrected chi connectivity index (χ2v) is 4.96. The molecule has 0 aliphatic carbocycles. The molecule has 0 amide bonds. The van der Waals surface area contributed by atoms with Crippen LogP contribution in [0.4, 0.5) is 5.69 Å². The van der Waals surface area contributed by atoms with Gasteiger partial charge in [0.2, 0.25) is 0 Å². The van der Waals surface area contributed by atoms with E-state index in [1.54, 1.807) is 12.1 Å². The molecule has 1 atom stereocenters. The molecule has 0 spiro atoms. The first kappa shape index (κ1) is 15.3. The highest BCUT2D eigenvalue weighted by Crippen LogP contribution is 2.31. The summed E-state index contributed by atoms with van der Waals surface area (Å²) in [5.41, 5.74) is 6.83. The number of nitrogens with zero attached hydrogens (tertiary/aromatic N) is 1. The van der Waals surface area contributed by atoms with Crippen molar-refractivity contribution in [3.8, 4) is 11.5 Å². The number of nitro benzene ring substituents is 1. The molecule has 0 aromatic heterocycles. The first-order chi connectivity index (χ1) is 10.0. The predicted molar refractivity (Wildman–Crippen MR) is 81.8 cm³/mol. The van der Waals surface area contributed by atoms with Crippen molar-refractivity contribution in [2.75, 3.05) is 0 Å². The number of nitrogens with two attached hydrogens (primary N) is 1. The van der Waals surface area contributed by atoms with Gasteiger partial charge >= 0.3 is 0 Å². The molecule has 110 valence electrons. The number of nitro groups is 1. The van der Waals surface area contributed by atoms with Crippen LogP contribution in [0, 0.1) is 10.1 Å². The van der Waals surface area contributed by atoms with Gasteiger partial charge in [-0.2, -0.15) is 0 Å². The van der Waals surface area contributed by atoms with Crippen LogP contribution < -0.4 is 10.5 Å². The molecule has 2 aromatic carbocycles. The van der Waals surface area contributed by atoms with Crippen molar-refractivity contribution in [3.63, 3.8) is 0 Å². The van der Waals surface area contributed by atoms with Gasteiger partial charge in [0.1, 0.15) is 16.5 Å². The molecule has 0 unspecified atom stereocenters. The lowest BCUT2D eigenvalue weighted by Crippen LogP contribution is -2.07. The monoisotopic (exact) mass is 306 g/mol. The third-order valence-electron chi connectivity index (χ3n) is 3.10. The van der Waals surface area contributed by atoms with E-state index in [1.807, 2.05) is 19.1 Å². The molecular formula is C15H15ClN2O3. The minimum absolute atomic E-state index is 0.00729. The van der Waals surface area contributed by atoms with Gasteiger partial charge in [-0.15, -0.1) is 0 Å². The maximum Gasteiger partial charge on any atom is 0.288 e. The Balaban J connectivity index is 2.15. The Bertz CT molecular complexity index is 644.